The van der Waals surface area contributed by atoms with Crippen LogP contribution in [0, 0.1) is 6.92 Å². The predicted octanol–water partition coefficient (Wildman–Crippen LogP) is 3.65. The van der Waals surface area contributed by atoms with Crippen molar-refractivity contribution in [2.45, 2.75) is 42.9 Å². The highest BCUT2D eigenvalue weighted by Gasteiger charge is 2.21. The van der Waals surface area contributed by atoms with E-state index in [2.05, 4.69) is 25.8 Å². The quantitative estimate of drug-likeness (QED) is 0.727. The highest BCUT2D eigenvalue weighted by molar-refractivity contribution is 7.99. The molecule has 7 nitrogen and oxygen atoms in total. The third-order valence-electron chi connectivity index (χ3n) is 4.68. The Morgan fingerprint density at radius 1 is 1.26 bits per heavy atom. The number of rotatable bonds is 5. The van der Waals surface area contributed by atoms with E-state index in [1.807, 2.05) is 31.2 Å². The van der Waals surface area contributed by atoms with E-state index < -0.39 is 0 Å². The van der Waals surface area contributed by atoms with E-state index in [9.17, 15) is 4.79 Å². The first-order chi connectivity index (χ1) is 13.2. The summed E-state index contributed by atoms with van der Waals surface area (Å²) in [4.78, 5) is 17.4. The third-order valence-corrected chi connectivity index (χ3v) is 6.03. The van der Waals surface area contributed by atoms with Crippen LogP contribution in [-0.2, 0) is 0 Å². The maximum atomic E-state index is 12.9. The van der Waals surface area contributed by atoms with Gasteiger partial charge in [-0.25, -0.2) is 9.67 Å². The predicted molar refractivity (Wildman–Crippen MR) is 104 cm³/mol. The zero-order chi connectivity index (χ0) is 18.6. The highest BCUT2D eigenvalue weighted by atomic mass is 32.2. The van der Waals surface area contributed by atoms with Gasteiger partial charge in [-0.15, -0.1) is 16.9 Å². The lowest BCUT2D eigenvalue weighted by Gasteiger charge is -2.14. The molecule has 4 rings (SSSR count). The van der Waals surface area contributed by atoms with Crippen LogP contribution in [-0.4, -0.2) is 36.3 Å². The molecular formula is C19H20N6OS. The fraction of sp³-hybridized carbons (Fsp3) is 0.316. The summed E-state index contributed by atoms with van der Waals surface area (Å²) in [5.41, 5.74) is 3.09. The zero-order valence-corrected chi connectivity index (χ0v) is 15.8. The van der Waals surface area contributed by atoms with E-state index in [-0.39, 0.29) is 5.91 Å². The second-order valence-electron chi connectivity index (χ2n) is 6.59. The van der Waals surface area contributed by atoms with Gasteiger partial charge in [-0.05, 0) is 60.0 Å². The van der Waals surface area contributed by atoms with Gasteiger partial charge in [0.1, 0.15) is 11.4 Å². The van der Waals surface area contributed by atoms with Gasteiger partial charge in [0.05, 0.1) is 11.3 Å². The molecule has 27 heavy (non-hydrogen) atoms. The molecule has 1 N–H and O–H groups in total. The van der Waals surface area contributed by atoms with Crippen LogP contribution < -0.4 is 5.32 Å². The van der Waals surface area contributed by atoms with Gasteiger partial charge in [0, 0.05) is 17.1 Å². The van der Waals surface area contributed by atoms with Crippen LogP contribution in [0.15, 0.2) is 47.9 Å². The Hall–Kier alpha value is -2.74. The zero-order valence-electron chi connectivity index (χ0n) is 15.0. The summed E-state index contributed by atoms with van der Waals surface area (Å²) in [6, 6.07) is 9.35. The number of amides is 1. The van der Waals surface area contributed by atoms with Crippen molar-refractivity contribution in [1.29, 1.82) is 0 Å². The van der Waals surface area contributed by atoms with E-state index in [1.54, 1.807) is 28.7 Å². The number of aryl methyl sites for hydroxylation is 1. The van der Waals surface area contributed by atoms with Crippen molar-refractivity contribution in [2.24, 2.45) is 0 Å². The molecular weight excluding hydrogens is 360 g/mol. The summed E-state index contributed by atoms with van der Waals surface area (Å²) in [6.07, 6.45) is 8.17. The monoisotopic (exact) mass is 380 g/mol. The third kappa shape index (κ3) is 4.00. The Bertz CT molecular complexity index is 937. The minimum atomic E-state index is -0.152. The number of nitrogens with one attached hydrogen (secondary N) is 1. The van der Waals surface area contributed by atoms with Gasteiger partial charge in [-0.1, -0.05) is 18.9 Å². The summed E-state index contributed by atoms with van der Waals surface area (Å²) < 4.78 is 1.56. The Labute approximate surface area is 161 Å². The number of thioether (sulfide) groups is 1. The van der Waals surface area contributed by atoms with Gasteiger partial charge < -0.3 is 5.32 Å². The van der Waals surface area contributed by atoms with Gasteiger partial charge in [0.25, 0.3) is 5.91 Å². The SMILES string of the molecule is Cc1ccc(-n2cnnn2)cc1NC(=O)c1cccnc1SC1CCCC1. The van der Waals surface area contributed by atoms with Crippen molar-refractivity contribution in [3.63, 3.8) is 0 Å². The van der Waals surface area contributed by atoms with Crippen molar-refractivity contribution in [2.75, 3.05) is 5.32 Å². The number of benzene rings is 1. The van der Waals surface area contributed by atoms with Crippen LogP contribution in [0.2, 0.25) is 0 Å². The summed E-state index contributed by atoms with van der Waals surface area (Å²) in [5.74, 6) is -0.152. The van der Waals surface area contributed by atoms with Crippen molar-refractivity contribution < 1.29 is 4.79 Å². The molecule has 1 fully saturated rings. The number of hydrogen-bond acceptors (Lipinski definition) is 6. The molecule has 3 aromatic rings. The number of hydrogen-bond donors (Lipinski definition) is 1. The van der Waals surface area contributed by atoms with E-state index in [1.165, 1.54) is 32.0 Å². The minimum absolute atomic E-state index is 0.152. The summed E-state index contributed by atoms with van der Waals surface area (Å²) in [7, 11) is 0. The number of nitrogens with zero attached hydrogens (tertiary/aromatic N) is 5. The topological polar surface area (TPSA) is 85.6 Å². The standard InChI is InChI=1S/C19H20N6OS/c1-13-8-9-14(25-12-21-23-24-25)11-17(13)22-18(26)16-7-4-10-20-19(16)27-15-5-2-3-6-15/h4,7-12,15H,2-3,5-6H2,1H3,(H,22,26). The molecule has 0 spiro atoms. The van der Waals surface area contributed by atoms with Crippen molar-refractivity contribution in [3.05, 3.63) is 54.0 Å². The fourth-order valence-corrected chi connectivity index (χ4v) is 4.47. The average Bonchev–Trinajstić information content (AvgIpc) is 3.38. The van der Waals surface area contributed by atoms with Crippen LogP contribution in [0.4, 0.5) is 5.69 Å². The van der Waals surface area contributed by atoms with Crippen molar-refractivity contribution in [1.82, 2.24) is 25.2 Å². The summed E-state index contributed by atoms with van der Waals surface area (Å²) >= 11 is 1.72. The minimum Gasteiger partial charge on any atom is -0.322 e. The smallest absolute Gasteiger partial charge is 0.258 e. The molecule has 138 valence electrons. The number of aromatic nitrogens is 5. The Morgan fingerprint density at radius 3 is 2.89 bits per heavy atom. The molecule has 1 saturated carbocycles. The van der Waals surface area contributed by atoms with Crippen LogP contribution in [0.3, 0.4) is 0 Å². The number of carbonyl (C=O) groups excluding carboxylic acids is 1. The highest BCUT2D eigenvalue weighted by Crippen LogP contribution is 2.35. The summed E-state index contributed by atoms with van der Waals surface area (Å²) in [5, 5.41) is 15.6. The normalized spacial score (nSPS) is 14.4. The summed E-state index contributed by atoms with van der Waals surface area (Å²) in [6.45, 7) is 1.95. The van der Waals surface area contributed by atoms with Gasteiger partial charge in [0.2, 0.25) is 0 Å². The molecule has 2 aromatic heterocycles. The molecule has 8 heteroatoms. The molecule has 2 heterocycles. The lowest BCUT2D eigenvalue weighted by Crippen LogP contribution is -2.15. The second-order valence-corrected chi connectivity index (χ2v) is 7.88. The van der Waals surface area contributed by atoms with Crippen LogP contribution in [0.5, 0.6) is 0 Å². The molecule has 0 saturated heterocycles. The van der Waals surface area contributed by atoms with E-state index in [4.69, 9.17) is 0 Å². The molecule has 1 aliphatic carbocycles. The van der Waals surface area contributed by atoms with Crippen LogP contribution in [0.1, 0.15) is 41.6 Å². The second kappa shape index (κ2) is 7.87. The lowest BCUT2D eigenvalue weighted by molar-refractivity contribution is 0.102. The largest absolute Gasteiger partial charge is 0.322 e. The molecule has 0 radical (unpaired) electrons. The number of tetrazole rings is 1. The molecule has 0 unspecified atom stereocenters. The molecule has 1 amide bonds. The van der Waals surface area contributed by atoms with Crippen molar-refractivity contribution >= 4 is 23.4 Å². The van der Waals surface area contributed by atoms with Gasteiger partial charge >= 0.3 is 0 Å². The lowest BCUT2D eigenvalue weighted by atomic mass is 10.1. The van der Waals surface area contributed by atoms with E-state index in [0.29, 0.717) is 10.8 Å². The molecule has 1 aliphatic rings. The molecule has 0 bridgehead atoms. The number of carbonyl (C=O) groups is 1. The van der Waals surface area contributed by atoms with Crippen LogP contribution in [0.25, 0.3) is 5.69 Å². The van der Waals surface area contributed by atoms with Gasteiger partial charge in [0.15, 0.2) is 0 Å². The maximum absolute atomic E-state index is 12.9. The van der Waals surface area contributed by atoms with Crippen molar-refractivity contribution in [3.8, 4) is 5.69 Å². The van der Waals surface area contributed by atoms with E-state index in [0.717, 1.165) is 22.0 Å². The maximum Gasteiger partial charge on any atom is 0.258 e. The number of pyridine rings is 1. The molecule has 1 aromatic carbocycles. The first-order valence-corrected chi connectivity index (χ1v) is 9.86. The Balaban J connectivity index is 1.57. The van der Waals surface area contributed by atoms with E-state index >= 15 is 0 Å². The Morgan fingerprint density at radius 2 is 2.11 bits per heavy atom. The first kappa shape index (κ1) is 17.7. The molecule has 0 aliphatic heterocycles. The van der Waals surface area contributed by atoms with Gasteiger partial charge in [-0.2, -0.15) is 0 Å². The molecule has 0 atom stereocenters. The number of anilines is 1. The Kier molecular flexibility index (Phi) is 5.15. The van der Waals surface area contributed by atoms with Crippen LogP contribution >= 0.6 is 11.8 Å². The van der Waals surface area contributed by atoms with Gasteiger partial charge in [-0.3, -0.25) is 4.79 Å². The fourth-order valence-electron chi connectivity index (χ4n) is 3.18. The first-order valence-electron chi connectivity index (χ1n) is 8.98. The average molecular weight is 380 g/mol.